The van der Waals surface area contributed by atoms with Gasteiger partial charge in [-0.05, 0) is 43.2 Å². The van der Waals surface area contributed by atoms with Crippen LogP contribution >= 0.6 is 23.1 Å². The first-order valence-corrected chi connectivity index (χ1v) is 12.3. The van der Waals surface area contributed by atoms with Gasteiger partial charge in [0.1, 0.15) is 5.75 Å². The van der Waals surface area contributed by atoms with E-state index in [9.17, 15) is 9.59 Å². The molecule has 1 aliphatic rings. The number of terminal acetylenes is 1. The Morgan fingerprint density at radius 3 is 2.91 bits per heavy atom. The van der Waals surface area contributed by atoms with Gasteiger partial charge in [-0.1, -0.05) is 35.5 Å². The molecule has 1 aromatic heterocycles. The smallest absolute Gasteiger partial charge is 0.258 e. The molecule has 0 aliphatic carbocycles. The summed E-state index contributed by atoms with van der Waals surface area (Å²) in [7, 11) is 0. The van der Waals surface area contributed by atoms with Crippen LogP contribution < -0.4 is 14.4 Å². The normalized spacial score (nSPS) is 13.2. The number of aromatic nitrogens is 1. The van der Waals surface area contributed by atoms with Crippen LogP contribution in [0.5, 0.6) is 5.75 Å². The van der Waals surface area contributed by atoms with Gasteiger partial charge in [0.15, 0.2) is 4.80 Å². The predicted molar refractivity (Wildman–Crippen MR) is 130 cm³/mol. The molecule has 0 radical (unpaired) electrons. The van der Waals surface area contributed by atoms with Crippen LogP contribution in [0.1, 0.15) is 12.5 Å². The molecule has 4 rings (SSSR count). The monoisotopic (exact) mass is 465 g/mol. The fourth-order valence-corrected chi connectivity index (χ4v) is 5.43. The topological polar surface area (TPSA) is 63.9 Å². The van der Waals surface area contributed by atoms with Crippen molar-refractivity contribution in [2.45, 2.75) is 19.9 Å². The molecule has 32 heavy (non-hydrogen) atoms. The Morgan fingerprint density at radius 1 is 1.25 bits per heavy atom. The van der Waals surface area contributed by atoms with Gasteiger partial charge in [0.2, 0.25) is 5.91 Å². The number of nitrogens with zero attached hydrogens (tertiary/aromatic N) is 3. The number of rotatable bonds is 7. The van der Waals surface area contributed by atoms with Gasteiger partial charge in [-0.2, -0.15) is 4.99 Å². The lowest BCUT2D eigenvalue weighted by Gasteiger charge is -2.16. The van der Waals surface area contributed by atoms with Crippen LogP contribution in [0.4, 0.5) is 5.69 Å². The first kappa shape index (κ1) is 22.2. The van der Waals surface area contributed by atoms with Crippen molar-refractivity contribution in [2.75, 3.05) is 29.6 Å². The van der Waals surface area contributed by atoms with Crippen molar-refractivity contribution in [3.63, 3.8) is 0 Å². The van der Waals surface area contributed by atoms with E-state index in [0.29, 0.717) is 24.5 Å². The molecule has 2 amide bonds. The van der Waals surface area contributed by atoms with Gasteiger partial charge >= 0.3 is 0 Å². The fraction of sp³-hybridized carbons (Fsp3) is 0.292. The number of carbonyl (C=O) groups excluding carboxylic acids is 2. The number of para-hydroxylation sites is 1. The third kappa shape index (κ3) is 4.74. The van der Waals surface area contributed by atoms with Crippen molar-refractivity contribution in [1.82, 2.24) is 4.57 Å². The Kier molecular flexibility index (Phi) is 6.98. The molecule has 0 spiro atoms. The van der Waals surface area contributed by atoms with Gasteiger partial charge in [-0.25, -0.2) is 0 Å². The lowest BCUT2D eigenvalue weighted by molar-refractivity contribution is -0.116. The highest BCUT2D eigenvalue weighted by Gasteiger charge is 2.23. The number of benzene rings is 2. The molecule has 0 bridgehead atoms. The summed E-state index contributed by atoms with van der Waals surface area (Å²) in [5.41, 5.74) is 3.08. The highest BCUT2D eigenvalue weighted by atomic mass is 32.2. The summed E-state index contributed by atoms with van der Waals surface area (Å²) < 4.78 is 8.37. The molecule has 2 heterocycles. The fourth-order valence-electron chi connectivity index (χ4n) is 3.68. The van der Waals surface area contributed by atoms with Crippen molar-refractivity contribution in [1.29, 1.82) is 0 Å². The van der Waals surface area contributed by atoms with E-state index in [2.05, 4.69) is 10.9 Å². The van der Waals surface area contributed by atoms with Crippen LogP contribution in [0.25, 0.3) is 10.2 Å². The molecule has 0 atom stereocenters. The van der Waals surface area contributed by atoms with E-state index in [0.717, 1.165) is 28.1 Å². The Balaban J connectivity index is 1.44. The summed E-state index contributed by atoms with van der Waals surface area (Å²) in [6, 6.07) is 13.7. The molecule has 164 valence electrons. The number of fused-ring (bicyclic) bond motifs is 2. The maximum absolute atomic E-state index is 12.6. The molecule has 1 aliphatic heterocycles. The molecule has 2 aromatic carbocycles. The van der Waals surface area contributed by atoms with E-state index in [1.165, 1.54) is 28.7 Å². The lowest BCUT2D eigenvalue weighted by Crippen LogP contribution is -2.30. The number of amides is 2. The van der Waals surface area contributed by atoms with Gasteiger partial charge in [0, 0.05) is 12.2 Å². The number of carbonyl (C=O) groups is 2. The van der Waals surface area contributed by atoms with Gasteiger partial charge in [0.25, 0.3) is 5.91 Å². The van der Waals surface area contributed by atoms with Crippen molar-refractivity contribution < 1.29 is 14.3 Å². The van der Waals surface area contributed by atoms with Crippen LogP contribution in [-0.2, 0) is 22.6 Å². The summed E-state index contributed by atoms with van der Waals surface area (Å²) in [6.45, 7) is 3.52. The van der Waals surface area contributed by atoms with Gasteiger partial charge in [-0.3, -0.25) is 9.59 Å². The minimum Gasteiger partial charge on any atom is -0.494 e. The quantitative estimate of drug-likeness (QED) is 0.501. The molecule has 0 saturated heterocycles. The minimum absolute atomic E-state index is 0.0143. The Bertz CT molecular complexity index is 1270. The molecule has 0 N–H and O–H groups in total. The van der Waals surface area contributed by atoms with Gasteiger partial charge in [-0.15, -0.1) is 18.2 Å². The second-order valence-corrected chi connectivity index (χ2v) is 9.15. The molecule has 3 aromatic rings. The van der Waals surface area contributed by atoms with Crippen molar-refractivity contribution in [3.05, 3.63) is 52.8 Å². The minimum atomic E-state index is -0.285. The first-order valence-electron chi connectivity index (χ1n) is 10.3. The number of hydrogen-bond acceptors (Lipinski definition) is 5. The highest BCUT2D eigenvalue weighted by Crippen LogP contribution is 2.28. The van der Waals surface area contributed by atoms with Gasteiger partial charge < -0.3 is 14.2 Å². The number of anilines is 1. The Hall–Kier alpha value is -3.02. The second-order valence-electron chi connectivity index (χ2n) is 7.16. The predicted octanol–water partition coefficient (Wildman–Crippen LogP) is 3.48. The Labute approximate surface area is 194 Å². The third-order valence-corrected chi connectivity index (χ3v) is 7.02. The van der Waals surface area contributed by atoms with Crippen molar-refractivity contribution in [3.8, 4) is 18.1 Å². The average molecular weight is 466 g/mol. The molecule has 0 unspecified atom stereocenters. The molecule has 8 heteroatoms. The van der Waals surface area contributed by atoms with E-state index in [4.69, 9.17) is 11.2 Å². The first-order chi connectivity index (χ1) is 15.6. The van der Waals surface area contributed by atoms with Crippen LogP contribution in [-0.4, -0.2) is 41.0 Å². The van der Waals surface area contributed by atoms with E-state index in [-0.39, 0.29) is 23.3 Å². The van der Waals surface area contributed by atoms with Crippen LogP contribution in [0, 0.1) is 12.3 Å². The van der Waals surface area contributed by atoms with Crippen LogP contribution in [0.3, 0.4) is 0 Å². The zero-order chi connectivity index (χ0) is 22.5. The summed E-state index contributed by atoms with van der Waals surface area (Å²) in [4.78, 5) is 31.8. The molecule has 0 fully saturated rings. The van der Waals surface area contributed by atoms with E-state index < -0.39 is 0 Å². The third-order valence-electron chi connectivity index (χ3n) is 5.07. The zero-order valence-electron chi connectivity index (χ0n) is 17.7. The largest absolute Gasteiger partial charge is 0.494 e. The highest BCUT2D eigenvalue weighted by molar-refractivity contribution is 8.00. The standard InChI is InChI=1S/C24H23N3O3S2/c1-3-12-27-20-10-9-18(30-4-2)14-21(20)32-24(27)25-22(28)15-31-16-23(29)26-13-11-17-7-5-6-8-19(17)26/h1,5-10,14H,4,11-13,15-16H2,2H3. The number of ether oxygens (including phenoxy) is 1. The molecule has 0 saturated carbocycles. The van der Waals surface area contributed by atoms with Crippen LogP contribution in [0.2, 0.25) is 0 Å². The summed E-state index contributed by atoms with van der Waals surface area (Å²) in [5, 5.41) is 0. The number of hydrogen-bond donors (Lipinski definition) is 0. The summed E-state index contributed by atoms with van der Waals surface area (Å²) >= 11 is 2.69. The SMILES string of the molecule is C#CCn1c(=NC(=O)CSCC(=O)N2CCc3ccccc32)sc2cc(OCC)ccc21. The van der Waals surface area contributed by atoms with Crippen molar-refractivity contribution in [2.24, 2.45) is 4.99 Å². The maximum atomic E-state index is 12.6. The maximum Gasteiger partial charge on any atom is 0.258 e. The summed E-state index contributed by atoms with van der Waals surface area (Å²) in [5.74, 6) is 3.50. The second kappa shape index (κ2) is 10.1. The van der Waals surface area contributed by atoms with Crippen LogP contribution in [0.15, 0.2) is 47.5 Å². The summed E-state index contributed by atoms with van der Waals surface area (Å²) in [6.07, 6.45) is 6.40. The zero-order valence-corrected chi connectivity index (χ0v) is 19.4. The van der Waals surface area contributed by atoms with Crippen molar-refractivity contribution >= 4 is 50.8 Å². The lowest BCUT2D eigenvalue weighted by atomic mass is 10.2. The Morgan fingerprint density at radius 2 is 2.09 bits per heavy atom. The average Bonchev–Trinajstić information content (AvgIpc) is 3.36. The molecular weight excluding hydrogens is 442 g/mol. The molecular formula is C24H23N3O3S2. The number of thiazole rings is 1. The van der Waals surface area contributed by atoms with E-state index in [1.807, 2.05) is 54.0 Å². The van der Waals surface area contributed by atoms with E-state index >= 15 is 0 Å². The van der Waals surface area contributed by atoms with E-state index in [1.54, 1.807) is 4.90 Å². The number of thioether (sulfide) groups is 1. The van der Waals surface area contributed by atoms with Gasteiger partial charge in [0.05, 0.1) is 34.9 Å². The molecule has 6 nitrogen and oxygen atoms in total.